The smallest absolute Gasteiger partial charge is 0.338 e. The number of benzene rings is 1. The number of rotatable bonds is 9. The summed E-state index contributed by atoms with van der Waals surface area (Å²) >= 11 is 0. The number of aryl methyl sites for hydroxylation is 1. The molecule has 25 heavy (non-hydrogen) atoms. The van der Waals surface area contributed by atoms with Crippen molar-refractivity contribution in [3.8, 4) is 0 Å². The molecule has 1 aromatic rings. The molecular weight excluding hydrogens is 312 g/mol. The van der Waals surface area contributed by atoms with E-state index in [9.17, 15) is 4.79 Å². The Balaban J connectivity index is 2.60. The zero-order valence-corrected chi connectivity index (χ0v) is 17.2. The minimum atomic E-state index is -0.254. The second-order valence-electron chi connectivity index (χ2n) is 8.28. The summed E-state index contributed by atoms with van der Waals surface area (Å²) in [5, 5.41) is 0. The molecular formula is C22H36O3. The predicted molar refractivity (Wildman–Crippen MR) is 104 cm³/mol. The zero-order chi connectivity index (χ0) is 19.1. The van der Waals surface area contributed by atoms with Gasteiger partial charge < -0.3 is 9.47 Å². The molecule has 0 aliphatic carbocycles. The first-order chi connectivity index (χ1) is 11.6. The summed E-state index contributed by atoms with van der Waals surface area (Å²) in [5.41, 5.74) is 2.86. The second-order valence-corrected chi connectivity index (χ2v) is 8.28. The lowest BCUT2D eigenvalue weighted by atomic mass is 9.83. The molecule has 0 aliphatic rings. The predicted octanol–water partition coefficient (Wildman–Crippen LogP) is 5.82. The highest BCUT2D eigenvalue weighted by Crippen LogP contribution is 2.27. The highest BCUT2D eigenvalue weighted by Gasteiger charge is 2.24. The molecule has 142 valence electrons. The summed E-state index contributed by atoms with van der Waals surface area (Å²) in [6, 6.07) is 5.84. The lowest BCUT2D eigenvalue weighted by molar-refractivity contribution is -0.0261. The van der Waals surface area contributed by atoms with Gasteiger partial charge in [-0.25, -0.2) is 4.79 Å². The van der Waals surface area contributed by atoms with Crippen molar-refractivity contribution >= 4 is 5.97 Å². The van der Waals surface area contributed by atoms with Crippen molar-refractivity contribution in [1.29, 1.82) is 0 Å². The summed E-state index contributed by atoms with van der Waals surface area (Å²) in [5.74, 6) is -0.254. The molecule has 1 rings (SSSR count). The average molecular weight is 349 g/mol. The van der Waals surface area contributed by atoms with Crippen LogP contribution < -0.4 is 0 Å². The third-order valence-electron chi connectivity index (χ3n) is 4.94. The summed E-state index contributed by atoms with van der Waals surface area (Å²) < 4.78 is 11.1. The van der Waals surface area contributed by atoms with Crippen molar-refractivity contribution in [1.82, 2.24) is 0 Å². The van der Waals surface area contributed by atoms with Crippen LogP contribution in [0.5, 0.6) is 0 Å². The van der Waals surface area contributed by atoms with Crippen molar-refractivity contribution in [2.75, 3.05) is 13.7 Å². The third-order valence-corrected chi connectivity index (χ3v) is 4.94. The van der Waals surface area contributed by atoms with Gasteiger partial charge in [0.05, 0.1) is 17.8 Å². The fourth-order valence-corrected chi connectivity index (χ4v) is 3.15. The standard InChI is InChI=1S/C22H36O3/c1-8-9-10-13-22(6,24-7)14-15-25-20(23)18-11-12-19(17(2)16-18)21(3,4)5/h11-12,16H,8-10,13-15H2,1-7H3. The number of ether oxygens (including phenoxy) is 2. The molecule has 0 N–H and O–H groups in total. The van der Waals surface area contributed by atoms with Gasteiger partial charge in [-0.15, -0.1) is 0 Å². The minimum absolute atomic E-state index is 0.0747. The van der Waals surface area contributed by atoms with Gasteiger partial charge in [-0.2, -0.15) is 0 Å². The maximum Gasteiger partial charge on any atom is 0.338 e. The fourth-order valence-electron chi connectivity index (χ4n) is 3.15. The van der Waals surface area contributed by atoms with E-state index in [1.54, 1.807) is 7.11 Å². The van der Waals surface area contributed by atoms with Crippen LogP contribution in [0.1, 0.15) is 88.2 Å². The molecule has 0 aliphatic heterocycles. The van der Waals surface area contributed by atoms with Gasteiger partial charge >= 0.3 is 5.97 Å². The van der Waals surface area contributed by atoms with Gasteiger partial charge in [-0.3, -0.25) is 0 Å². The Bertz CT molecular complexity index is 557. The van der Waals surface area contributed by atoms with E-state index in [1.807, 2.05) is 25.1 Å². The van der Waals surface area contributed by atoms with Crippen LogP contribution in [-0.2, 0) is 14.9 Å². The molecule has 3 nitrogen and oxygen atoms in total. The normalized spacial score (nSPS) is 14.2. The molecule has 3 heteroatoms. The lowest BCUT2D eigenvalue weighted by Gasteiger charge is -2.28. The quantitative estimate of drug-likeness (QED) is 0.416. The molecule has 0 saturated carbocycles. The molecule has 0 bridgehead atoms. The number of hydrogen-bond acceptors (Lipinski definition) is 3. The Morgan fingerprint density at radius 3 is 2.28 bits per heavy atom. The maximum absolute atomic E-state index is 12.3. The number of unbranched alkanes of at least 4 members (excludes halogenated alkanes) is 2. The van der Waals surface area contributed by atoms with Gasteiger partial charge in [-0.05, 0) is 48.9 Å². The van der Waals surface area contributed by atoms with Crippen LogP contribution in [0.2, 0.25) is 0 Å². The Labute approximate surface area is 154 Å². The third kappa shape index (κ3) is 6.81. The maximum atomic E-state index is 12.3. The molecule has 0 saturated heterocycles. The molecule has 1 atom stereocenters. The molecule has 0 fully saturated rings. The van der Waals surface area contributed by atoms with Crippen molar-refractivity contribution in [3.63, 3.8) is 0 Å². The van der Waals surface area contributed by atoms with Gasteiger partial charge in [0.15, 0.2) is 0 Å². The van der Waals surface area contributed by atoms with Gasteiger partial charge in [0.2, 0.25) is 0 Å². The Kier molecular flexibility index (Phi) is 8.14. The van der Waals surface area contributed by atoms with Crippen LogP contribution in [-0.4, -0.2) is 25.3 Å². The second kappa shape index (κ2) is 9.38. The van der Waals surface area contributed by atoms with Crippen molar-refractivity contribution in [3.05, 3.63) is 34.9 Å². The minimum Gasteiger partial charge on any atom is -0.462 e. The van der Waals surface area contributed by atoms with Crippen LogP contribution in [0.25, 0.3) is 0 Å². The molecule has 0 spiro atoms. The van der Waals surface area contributed by atoms with Crippen molar-refractivity contribution in [2.24, 2.45) is 0 Å². The van der Waals surface area contributed by atoms with E-state index >= 15 is 0 Å². The summed E-state index contributed by atoms with van der Waals surface area (Å²) in [7, 11) is 1.74. The number of hydrogen-bond donors (Lipinski definition) is 0. The molecule has 1 aromatic carbocycles. The Morgan fingerprint density at radius 2 is 1.76 bits per heavy atom. The lowest BCUT2D eigenvalue weighted by Crippen LogP contribution is -2.29. The molecule has 0 radical (unpaired) electrons. The van der Waals surface area contributed by atoms with Gasteiger partial charge in [0.25, 0.3) is 0 Å². The summed E-state index contributed by atoms with van der Waals surface area (Å²) in [4.78, 5) is 12.3. The van der Waals surface area contributed by atoms with E-state index in [4.69, 9.17) is 9.47 Å². The van der Waals surface area contributed by atoms with Gasteiger partial charge in [0, 0.05) is 13.5 Å². The molecule has 0 heterocycles. The van der Waals surface area contributed by atoms with Crippen LogP contribution in [0.4, 0.5) is 0 Å². The fraction of sp³-hybridized carbons (Fsp3) is 0.682. The number of esters is 1. The van der Waals surface area contributed by atoms with E-state index in [0.717, 1.165) is 24.8 Å². The monoisotopic (exact) mass is 348 g/mol. The first-order valence-electron chi connectivity index (χ1n) is 9.46. The molecule has 0 aromatic heterocycles. The average Bonchev–Trinajstić information content (AvgIpc) is 2.53. The van der Waals surface area contributed by atoms with Crippen LogP contribution >= 0.6 is 0 Å². The number of carbonyl (C=O) groups is 1. The number of methoxy groups -OCH3 is 1. The van der Waals surface area contributed by atoms with Gasteiger partial charge in [0.1, 0.15) is 0 Å². The first kappa shape index (κ1) is 21.7. The first-order valence-corrected chi connectivity index (χ1v) is 9.46. The summed E-state index contributed by atoms with van der Waals surface area (Å²) in [6.07, 6.45) is 5.26. The highest BCUT2D eigenvalue weighted by molar-refractivity contribution is 5.89. The van der Waals surface area contributed by atoms with Crippen molar-refractivity contribution < 1.29 is 14.3 Å². The van der Waals surface area contributed by atoms with Crippen LogP contribution in [0.3, 0.4) is 0 Å². The van der Waals surface area contributed by atoms with E-state index in [0.29, 0.717) is 12.2 Å². The number of carbonyl (C=O) groups excluding carboxylic acids is 1. The van der Waals surface area contributed by atoms with E-state index in [-0.39, 0.29) is 17.0 Å². The van der Waals surface area contributed by atoms with Crippen LogP contribution in [0, 0.1) is 6.92 Å². The molecule has 0 amide bonds. The molecule has 1 unspecified atom stereocenters. The zero-order valence-electron chi connectivity index (χ0n) is 17.2. The van der Waals surface area contributed by atoms with Crippen molar-refractivity contribution in [2.45, 2.75) is 84.7 Å². The Hall–Kier alpha value is -1.35. The van der Waals surface area contributed by atoms with E-state index in [2.05, 4.69) is 34.6 Å². The van der Waals surface area contributed by atoms with Crippen LogP contribution in [0.15, 0.2) is 18.2 Å². The van der Waals surface area contributed by atoms with E-state index in [1.165, 1.54) is 18.4 Å². The van der Waals surface area contributed by atoms with Gasteiger partial charge in [-0.1, -0.05) is 53.0 Å². The summed E-state index contributed by atoms with van der Waals surface area (Å²) in [6.45, 7) is 13.3. The van der Waals surface area contributed by atoms with E-state index < -0.39 is 0 Å². The SMILES string of the molecule is CCCCCC(C)(CCOC(=O)c1ccc(C(C)(C)C)c(C)c1)OC. The highest BCUT2D eigenvalue weighted by atomic mass is 16.5. The topological polar surface area (TPSA) is 35.5 Å². The largest absolute Gasteiger partial charge is 0.462 e. The Morgan fingerprint density at radius 1 is 1.08 bits per heavy atom.